The number of amides is 2. The van der Waals surface area contributed by atoms with E-state index in [1.54, 1.807) is 36.0 Å². The summed E-state index contributed by atoms with van der Waals surface area (Å²) in [6, 6.07) is 17.2. The van der Waals surface area contributed by atoms with E-state index >= 15 is 0 Å². The molecule has 5 heteroatoms. The van der Waals surface area contributed by atoms with Crippen LogP contribution in [0.2, 0.25) is 0 Å². The van der Waals surface area contributed by atoms with Gasteiger partial charge in [-0.2, -0.15) is 0 Å². The van der Waals surface area contributed by atoms with Crippen LogP contribution in [0.1, 0.15) is 24.7 Å². The number of anilines is 2. The summed E-state index contributed by atoms with van der Waals surface area (Å²) in [5.41, 5.74) is 2.64. The molecule has 0 fully saturated rings. The second-order valence-electron chi connectivity index (χ2n) is 5.17. The third-order valence-electron chi connectivity index (χ3n) is 3.22. The minimum absolute atomic E-state index is 0.0370. The maximum Gasteiger partial charge on any atom is 0.234 e. The van der Waals surface area contributed by atoms with Gasteiger partial charge in [-0.3, -0.25) is 9.59 Å². The van der Waals surface area contributed by atoms with Crippen molar-refractivity contribution in [1.82, 2.24) is 0 Å². The van der Waals surface area contributed by atoms with Gasteiger partial charge in [0.15, 0.2) is 0 Å². The number of hydrogen-bond acceptors (Lipinski definition) is 3. The molecule has 0 saturated heterocycles. The lowest BCUT2D eigenvalue weighted by atomic mass is 10.2. The van der Waals surface area contributed by atoms with Crippen LogP contribution in [0.5, 0.6) is 0 Å². The molecule has 0 heterocycles. The summed E-state index contributed by atoms with van der Waals surface area (Å²) in [5, 5.41) is 5.81. The predicted molar refractivity (Wildman–Crippen MR) is 96.7 cm³/mol. The number of hydrogen-bond donors (Lipinski definition) is 2. The molecule has 2 aromatic carbocycles. The summed E-state index contributed by atoms with van der Waals surface area (Å²) in [4.78, 5) is 23.0. The minimum Gasteiger partial charge on any atom is -0.326 e. The first-order valence-electron chi connectivity index (χ1n) is 7.38. The minimum atomic E-state index is -0.118. The SMILES string of the molecule is CC(=O)Nc1ccc(NC(=O)CS[C@@H](C)c2ccccc2)cc1. The fourth-order valence-corrected chi connectivity index (χ4v) is 2.88. The smallest absolute Gasteiger partial charge is 0.234 e. The zero-order valence-corrected chi connectivity index (χ0v) is 14.0. The number of thioether (sulfide) groups is 1. The van der Waals surface area contributed by atoms with Crippen molar-refractivity contribution in [3.05, 3.63) is 60.2 Å². The lowest BCUT2D eigenvalue weighted by Crippen LogP contribution is -2.14. The summed E-state index contributed by atoms with van der Waals surface area (Å²) in [6.45, 7) is 3.55. The summed E-state index contributed by atoms with van der Waals surface area (Å²) in [5.74, 6) is 0.238. The van der Waals surface area contributed by atoms with Gasteiger partial charge in [-0.1, -0.05) is 30.3 Å². The van der Waals surface area contributed by atoms with E-state index in [0.29, 0.717) is 11.4 Å². The van der Waals surface area contributed by atoms with E-state index in [4.69, 9.17) is 0 Å². The molecule has 4 nitrogen and oxygen atoms in total. The first-order chi connectivity index (χ1) is 11.0. The van der Waals surface area contributed by atoms with E-state index in [-0.39, 0.29) is 17.1 Å². The molecule has 0 bridgehead atoms. The number of nitrogens with one attached hydrogen (secondary N) is 2. The quantitative estimate of drug-likeness (QED) is 0.840. The topological polar surface area (TPSA) is 58.2 Å². The third kappa shape index (κ3) is 5.79. The van der Waals surface area contributed by atoms with Crippen molar-refractivity contribution in [2.24, 2.45) is 0 Å². The first kappa shape index (κ1) is 17.1. The van der Waals surface area contributed by atoms with Crippen molar-refractivity contribution in [2.45, 2.75) is 19.1 Å². The highest BCUT2D eigenvalue weighted by atomic mass is 32.2. The molecule has 23 heavy (non-hydrogen) atoms. The van der Waals surface area contributed by atoms with Crippen molar-refractivity contribution in [2.75, 3.05) is 16.4 Å². The molecule has 2 amide bonds. The van der Waals surface area contributed by atoms with Gasteiger partial charge in [-0.15, -0.1) is 11.8 Å². The molecule has 0 aromatic heterocycles. The zero-order valence-electron chi connectivity index (χ0n) is 13.2. The highest BCUT2D eigenvalue weighted by Gasteiger charge is 2.09. The van der Waals surface area contributed by atoms with Crippen molar-refractivity contribution >= 4 is 35.0 Å². The maximum atomic E-state index is 12.0. The van der Waals surface area contributed by atoms with Gasteiger partial charge in [0.1, 0.15) is 0 Å². The largest absolute Gasteiger partial charge is 0.326 e. The van der Waals surface area contributed by atoms with Crippen LogP contribution in [0.25, 0.3) is 0 Å². The molecule has 0 radical (unpaired) electrons. The molecule has 2 aromatic rings. The average molecular weight is 328 g/mol. The van der Waals surface area contributed by atoms with Gasteiger partial charge in [-0.25, -0.2) is 0 Å². The summed E-state index contributed by atoms with van der Waals surface area (Å²) < 4.78 is 0. The van der Waals surface area contributed by atoms with Gasteiger partial charge in [0.05, 0.1) is 5.75 Å². The Morgan fingerprint density at radius 1 is 0.957 bits per heavy atom. The van der Waals surface area contributed by atoms with Crippen LogP contribution < -0.4 is 10.6 Å². The van der Waals surface area contributed by atoms with E-state index < -0.39 is 0 Å². The number of benzene rings is 2. The van der Waals surface area contributed by atoms with Gasteiger partial charge in [0.2, 0.25) is 11.8 Å². The molecule has 0 unspecified atom stereocenters. The van der Waals surface area contributed by atoms with Crippen molar-refractivity contribution in [1.29, 1.82) is 0 Å². The standard InChI is InChI=1S/C18H20N2O2S/c1-13(15-6-4-3-5-7-15)23-12-18(22)20-17-10-8-16(9-11-17)19-14(2)21/h3-11,13H,12H2,1-2H3,(H,19,21)(H,20,22)/t13-/m0/s1. The van der Waals surface area contributed by atoms with E-state index in [9.17, 15) is 9.59 Å². The Kier molecular flexibility index (Phi) is 6.23. The summed E-state index contributed by atoms with van der Waals surface area (Å²) in [6.07, 6.45) is 0. The van der Waals surface area contributed by atoms with Crippen molar-refractivity contribution < 1.29 is 9.59 Å². The third-order valence-corrected chi connectivity index (χ3v) is 4.42. The molecule has 2 N–H and O–H groups in total. The van der Waals surface area contributed by atoms with Gasteiger partial charge in [0, 0.05) is 23.5 Å². The lowest BCUT2D eigenvalue weighted by Gasteiger charge is -2.12. The highest BCUT2D eigenvalue weighted by molar-refractivity contribution is 8.00. The lowest BCUT2D eigenvalue weighted by molar-refractivity contribution is -0.114. The number of rotatable bonds is 6. The second-order valence-corrected chi connectivity index (χ2v) is 6.50. The van der Waals surface area contributed by atoms with Crippen LogP contribution >= 0.6 is 11.8 Å². The molecule has 0 aliphatic carbocycles. The second kappa shape index (κ2) is 8.39. The normalized spacial score (nSPS) is 11.6. The van der Waals surface area contributed by atoms with E-state index in [0.717, 1.165) is 5.69 Å². The molecule has 0 spiro atoms. The Morgan fingerprint density at radius 3 is 2.09 bits per heavy atom. The Morgan fingerprint density at radius 2 is 1.52 bits per heavy atom. The number of carbonyl (C=O) groups excluding carboxylic acids is 2. The van der Waals surface area contributed by atoms with Crippen LogP contribution in [-0.4, -0.2) is 17.6 Å². The Balaban J connectivity index is 1.81. The van der Waals surface area contributed by atoms with E-state index in [1.165, 1.54) is 12.5 Å². The van der Waals surface area contributed by atoms with Crippen LogP contribution in [0.4, 0.5) is 11.4 Å². The predicted octanol–water partition coefficient (Wildman–Crippen LogP) is 4.08. The fourth-order valence-electron chi connectivity index (χ4n) is 2.06. The highest BCUT2D eigenvalue weighted by Crippen LogP contribution is 2.27. The van der Waals surface area contributed by atoms with Gasteiger partial charge in [0.25, 0.3) is 0 Å². The first-order valence-corrected chi connectivity index (χ1v) is 8.43. The average Bonchev–Trinajstić information content (AvgIpc) is 2.55. The molecule has 1 atom stereocenters. The molecule has 2 rings (SSSR count). The Labute approximate surface area is 140 Å². The maximum absolute atomic E-state index is 12.0. The van der Waals surface area contributed by atoms with Crippen LogP contribution in [-0.2, 0) is 9.59 Å². The van der Waals surface area contributed by atoms with E-state index in [2.05, 4.69) is 29.7 Å². The van der Waals surface area contributed by atoms with Crippen LogP contribution in [0, 0.1) is 0 Å². The number of carbonyl (C=O) groups is 2. The Bertz CT molecular complexity index is 656. The summed E-state index contributed by atoms with van der Waals surface area (Å²) in [7, 11) is 0. The molecule has 120 valence electrons. The molecule has 0 aliphatic heterocycles. The zero-order chi connectivity index (χ0) is 16.7. The summed E-state index contributed by atoms with van der Waals surface area (Å²) >= 11 is 1.60. The van der Waals surface area contributed by atoms with Crippen LogP contribution in [0.3, 0.4) is 0 Å². The Hall–Kier alpha value is -2.27. The van der Waals surface area contributed by atoms with Gasteiger partial charge < -0.3 is 10.6 Å². The monoisotopic (exact) mass is 328 g/mol. The van der Waals surface area contributed by atoms with Crippen molar-refractivity contribution in [3.63, 3.8) is 0 Å². The molecule has 0 aliphatic rings. The molecular formula is C18H20N2O2S. The molecule has 0 saturated carbocycles. The van der Waals surface area contributed by atoms with Gasteiger partial charge >= 0.3 is 0 Å². The fraction of sp³-hybridized carbons (Fsp3) is 0.222. The van der Waals surface area contributed by atoms with Crippen LogP contribution in [0.15, 0.2) is 54.6 Å². The van der Waals surface area contributed by atoms with Crippen molar-refractivity contribution in [3.8, 4) is 0 Å². The van der Waals surface area contributed by atoms with E-state index in [1.807, 2.05) is 18.2 Å². The molecular weight excluding hydrogens is 308 g/mol. The van der Waals surface area contributed by atoms with Gasteiger partial charge in [-0.05, 0) is 36.8 Å².